The maximum atomic E-state index is 6.09. The first kappa shape index (κ1) is 15.3. The summed E-state index contributed by atoms with van der Waals surface area (Å²) in [6.45, 7) is 4.89. The van der Waals surface area contributed by atoms with Crippen molar-refractivity contribution in [2.45, 2.75) is 20.3 Å². The second-order valence-electron chi connectivity index (χ2n) is 5.73. The van der Waals surface area contributed by atoms with E-state index in [1.54, 1.807) is 0 Å². The molecule has 2 aromatic carbocycles. The predicted octanol–water partition coefficient (Wildman–Crippen LogP) is 4.85. The first-order valence-electron chi connectivity index (χ1n) is 8.03. The topological polar surface area (TPSA) is 27.1 Å². The molecule has 0 aliphatic heterocycles. The third-order valence-corrected chi connectivity index (χ3v) is 3.83. The van der Waals surface area contributed by atoms with E-state index >= 15 is 0 Å². The van der Waals surface area contributed by atoms with Crippen LogP contribution in [-0.4, -0.2) is 16.4 Å². The van der Waals surface area contributed by atoms with Gasteiger partial charge in [0.15, 0.2) is 5.75 Å². The highest BCUT2D eigenvalue weighted by Crippen LogP contribution is 2.38. The number of aryl methyl sites for hydroxylation is 2. The quantitative estimate of drug-likeness (QED) is 0.673. The zero-order valence-electron chi connectivity index (χ0n) is 13.9. The summed E-state index contributed by atoms with van der Waals surface area (Å²) in [5.74, 6) is 0.865. The lowest BCUT2D eigenvalue weighted by molar-refractivity contribution is 0.320. The van der Waals surface area contributed by atoms with E-state index < -0.39 is 0 Å². The second kappa shape index (κ2) is 6.69. The third kappa shape index (κ3) is 3.14. The molecule has 0 spiro atoms. The van der Waals surface area contributed by atoms with Crippen LogP contribution >= 0.6 is 0 Å². The van der Waals surface area contributed by atoms with Crippen LogP contribution in [0.5, 0.6) is 5.75 Å². The fourth-order valence-corrected chi connectivity index (χ4v) is 2.66. The van der Waals surface area contributed by atoms with Crippen molar-refractivity contribution in [3.05, 3.63) is 60.2 Å². The SMILES string of the molecule is CCCOc1c(-c2ccccc2)nn(C)c1-c1ccc(C)cc1. The number of hydrogen-bond donors (Lipinski definition) is 0. The van der Waals surface area contributed by atoms with Crippen molar-refractivity contribution in [2.75, 3.05) is 6.61 Å². The summed E-state index contributed by atoms with van der Waals surface area (Å²) in [4.78, 5) is 0. The molecule has 0 bridgehead atoms. The van der Waals surface area contributed by atoms with Crippen LogP contribution < -0.4 is 4.74 Å². The first-order chi connectivity index (χ1) is 11.2. The number of hydrogen-bond acceptors (Lipinski definition) is 2. The van der Waals surface area contributed by atoms with E-state index in [1.807, 2.05) is 29.9 Å². The van der Waals surface area contributed by atoms with Gasteiger partial charge in [0.2, 0.25) is 0 Å². The lowest BCUT2D eigenvalue weighted by Crippen LogP contribution is -1.98. The summed E-state index contributed by atoms with van der Waals surface area (Å²) in [5, 5.41) is 4.72. The Morgan fingerprint density at radius 1 is 0.957 bits per heavy atom. The molecule has 0 N–H and O–H groups in total. The van der Waals surface area contributed by atoms with Gasteiger partial charge in [-0.05, 0) is 13.3 Å². The molecular weight excluding hydrogens is 284 g/mol. The van der Waals surface area contributed by atoms with Crippen LogP contribution in [0.2, 0.25) is 0 Å². The van der Waals surface area contributed by atoms with Gasteiger partial charge in [0.25, 0.3) is 0 Å². The van der Waals surface area contributed by atoms with Gasteiger partial charge in [-0.1, -0.05) is 67.1 Å². The van der Waals surface area contributed by atoms with Gasteiger partial charge in [0.1, 0.15) is 11.4 Å². The van der Waals surface area contributed by atoms with E-state index in [9.17, 15) is 0 Å². The van der Waals surface area contributed by atoms with Gasteiger partial charge in [0.05, 0.1) is 6.61 Å². The normalized spacial score (nSPS) is 10.7. The Morgan fingerprint density at radius 2 is 1.65 bits per heavy atom. The highest BCUT2D eigenvalue weighted by atomic mass is 16.5. The van der Waals surface area contributed by atoms with Crippen LogP contribution in [0.1, 0.15) is 18.9 Å². The summed E-state index contributed by atoms with van der Waals surface area (Å²) in [7, 11) is 1.97. The van der Waals surface area contributed by atoms with Crippen LogP contribution in [0.3, 0.4) is 0 Å². The fraction of sp³-hybridized carbons (Fsp3) is 0.250. The van der Waals surface area contributed by atoms with Gasteiger partial charge in [-0.3, -0.25) is 4.68 Å². The molecule has 0 saturated heterocycles. The minimum Gasteiger partial charge on any atom is -0.489 e. The number of nitrogens with zero attached hydrogens (tertiary/aromatic N) is 2. The molecule has 3 nitrogen and oxygen atoms in total. The van der Waals surface area contributed by atoms with E-state index in [1.165, 1.54) is 5.56 Å². The van der Waals surface area contributed by atoms with Crippen molar-refractivity contribution < 1.29 is 4.74 Å². The Kier molecular flexibility index (Phi) is 4.47. The van der Waals surface area contributed by atoms with E-state index in [2.05, 4.69) is 50.2 Å². The molecule has 0 aliphatic carbocycles. The van der Waals surface area contributed by atoms with Gasteiger partial charge < -0.3 is 4.74 Å². The molecule has 0 fully saturated rings. The minimum absolute atomic E-state index is 0.685. The van der Waals surface area contributed by atoms with E-state index in [4.69, 9.17) is 9.84 Å². The van der Waals surface area contributed by atoms with Gasteiger partial charge in [-0.15, -0.1) is 0 Å². The monoisotopic (exact) mass is 306 g/mol. The van der Waals surface area contributed by atoms with Crippen molar-refractivity contribution >= 4 is 0 Å². The zero-order chi connectivity index (χ0) is 16.2. The molecule has 3 rings (SSSR count). The number of ether oxygens (including phenoxy) is 1. The molecule has 0 atom stereocenters. The zero-order valence-corrected chi connectivity index (χ0v) is 13.9. The van der Waals surface area contributed by atoms with Gasteiger partial charge in [-0.25, -0.2) is 0 Å². The minimum atomic E-state index is 0.685. The maximum Gasteiger partial charge on any atom is 0.173 e. The Morgan fingerprint density at radius 3 is 2.30 bits per heavy atom. The van der Waals surface area contributed by atoms with Crippen molar-refractivity contribution in [1.82, 2.24) is 9.78 Å². The summed E-state index contributed by atoms with van der Waals surface area (Å²) in [6, 6.07) is 18.7. The molecule has 1 aromatic heterocycles. The largest absolute Gasteiger partial charge is 0.489 e. The number of rotatable bonds is 5. The standard InChI is InChI=1S/C20H22N2O/c1-4-14-23-20-18(16-8-6-5-7-9-16)21-22(3)19(20)17-12-10-15(2)11-13-17/h5-13H,4,14H2,1-3H3. The molecule has 3 aromatic rings. The lowest BCUT2D eigenvalue weighted by atomic mass is 10.1. The summed E-state index contributed by atoms with van der Waals surface area (Å²) >= 11 is 0. The molecule has 3 heteroatoms. The van der Waals surface area contributed by atoms with E-state index in [0.717, 1.165) is 34.7 Å². The Balaban J connectivity index is 2.15. The van der Waals surface area contributed by atoms with Crippen molar-refractivity contribution in [2.24, 2.45) is 7.05 Å². The van der Waals surface area contributed by atoms with Crippen LogP contribution in [-0.2, 0) is 7.05 Å². The average Bonchev–Trinajstić information content (AvgIpc) is 2.91. The average molecular weight is 306 g/mol. The van der Waals surface area contributed by atoms with Crippen LogP contribution in [0.25, 0.3) is 22.5 Å². The third-order valence-electron chi connectivity index (χ3n) is 3.83. The predicted molar refractivity (Wildman–Crippen MR) is 94.6 cm³/mol. The molecular formula is C20H22N2O. The summed E-state index contributed by atoms with van der Waals surface area (Å²) in [6.07, 6.45) is 0.969. The molecule has 0 radical (unpaired) electrons. The molecule has 0 saturated carbocycles. The van der Waals surface area contributed by atoms with Crippen LogP contribution in [0.15, 0.2) is 54.6 Å². The van der Waals surface area contributed by atoms with E-state index in [0.29, 0.717) is 6.61 Å². The fourth-order valence-electron chi connectivity index (χ4n) is 2.66. The molecule has 1 heterocycles. The Labute approximate surface area is 137 Å². The van der Waals surface area contributed by atoms with Gasteiger partial charge in [0, 0.05) is 18.2 Å². The second-order valence-corrected chi connectivity index (χ2v) is 5.73. The summed E-state index contributed by atoms with van der Waals surface area (Å²) < 4.78 is 8.01. The molecule has 0 aliphatic rings. The van der Waals surface area contributed by atoms with Crippen molar-refractivity contribution in [1.29, 1.82) is 0 Å². The molecule has 23 heavy (non-hydrogen) atoms. The van der Waals surface area contributed by atoms with Crippen LogP contribution in [0, 0.1) is 6.92 Å². The van der Waals surface area contributed by atoms with Crippen molar-refractivity contribution in [3.8, 4) is 28.3 Å². The summed E-state index contributed by atoms with van der Waals surface area (Å²) in [5.41, 5.74) is 5.37. The first-order valence-corrected chi connectivity index (χ1v) is 8.03. The molecule has 0 amide bonds. The smallest absolute Gasteiger partial charge is 0.173 e. The lowest BCUT2D eigenvalue weighted by Gasteiger charge is -2.09. The van der Waals surface area contributed by atoms with Gasteiger partial charge >= 0.3 is 0 Å². The van der Waals surface area contributed by atoms with Crippen molar-refractivity contribution in [3.63, 3.8) is 0 Å². The van der Waals surface area contributed by atoms with E-state index in [-0.39, 0.29) is 0 Å². The Hall–Kier alpha value is -2.55. The van der Waals surface area contributed by atoms with Crippen LogP contribution in [0.4, 0.5) is 0 Å². The Bertz CT molecular complexity index is 773. The molecule has 0 unspecified atom stereocenters. The number of benzene rings is 2. The number of aromatic nitrogens is 2. The maximum absolute atomic E-state index is 6.09. The highest BCUT2D eigenvalue weighted by molar-refractivity contribution is 5.78. The molecule has 118 valence electrons. The van der Waals surface area contributed by atoms with Gasteiger partial charge in [-0.2, -0.15) is 5.10 Å². The highest BCUT2D eigenvalue weighted by Gasteiger charge is 2.20.